The fraction of sp³-hybridized carbons (Fsp3) is 0.182. The van der Waals surface area contributed by atoms with Crippen molar-refractivity contribution in [2.24, 2.45) is 0 Å². The summed E-state index contributed by atoms with van der Waals surface area (Å²) in [5.74, 6) is 1.14. The number of thiophene rings is 1. The van der Waals surface area contributed by atoms with E-state index < -0.39 is 0 Å². The van der Waals surface area contributed by atoms with Gasteiger partial charge in [-0.05, 0) is 54.3 Å². The van der Waals surface area contributed by atoms with Crippen molar-refractivity contribution in [3.05, 3.63) is 70.9 Å². The number of aromatic nitrogens is 2. The number of nitrogens with one attached hydrogen (secondary N) is 1. The third kappa shape index (κ3) is 4.63. The van der Waals surface area contributed by atoms with Gasteiger partial charge in [0.25, 0.3) is 0 Å². The van der Waals surface area contributed by atoms with Gasteiger partial charge >= 0.3 is 0 Å². The SMILES string of the molecule is COc1ccc(-n2c(SCC(=O)NCCc3cccs3)nc3ccccc32)cc1. The van der Waals surface area contributed by atoms with Gasteiger partial charge in [0.15, 0.2) is 5.16 Å². The topological polar surface area (TPSA) is 56.1 Å². The molecule has 1 N–H and O–H groups in total. The Bertz CT molecular complexity index is 1090. The summed E-state index contributed by atoms with van der Waals surface area (Å²) in [6.07, 6.45) is 0.860. The van der Waals surface area contributed by atoms with Gasteiger partial charge in [-0.15, -0.1) is 11.3 Å². The predicted molar refractivity (Wildman–Crippen MR) is 119 cm³/mol. The van der Waals surface area contributed by atoms with Crippen LogP contribution in [-0.2, 0) is 11.2 Å². The lowest BCUT2D eigenvalue weighted by molar-refractivity contribution is -0.118. The Labute approximate surface area is 177 Å². The van der Waals surface area contributed by atoms with Crippen molar-refractivity contribution in [2.75, 3.05) is 19.4 Å². The number of amides is 1. The molecule has 0 atom stereocenters. The Morgan fingerprint density at radius 1 is 1.14 bits per heavy atom. The number of nitrogens with zero attached hydrogens (tertiary/aromatic N) is 2. The summed E-state index contributed by atoms with van der Waals surface area (Å²) in [6, 6.07) is 20.0. The number of para-hydroxylation sites is 2. The van der Waals surface area contributed by atoms with Gasteiger partial charge < -0.3 is 10.1 Å². The summed E-state index contributed by atoms with van der Waals surface area (Å²) in [5, 5.41) is 5.84. The van der Waals surface area contributed by atoms with Crippen LogP contribution >= 0.6 is 23.1 Å². The quantitative estimate of drug-likeness (QED) is 0.423. The number of carbonyl (C=O) groups excluding carboxylic acids is 1. The molecule has 1 amide bonds. The molecule has 4 rings (SSSR count). The van der Waals surface area contributed by atoms with E-state index in [0.717, 1.165) is 34.0 Å². The van der Waals surface area contributed by atoms with Crippen LogP contribution in [0.3, 0.4) is 0 Å². The van der Waals surface area contributed by atoms with Crippen molar-refractivity contribution in [3.63, 3.8) is 0 Å². The van der Waals surface area contributed by atoms with Gasteiger partial charge in [-0.25, -0.2) is 4.98 Å². The Morgan fingerprint density at radius 3 is 2.72 bits per heavy atom. The second-order valence-corrected chi connectivity index (χ2v) is 8.36. The minimum atomic E-state index is 0.0138. The lowest BCUT2D eigenvalue weighted by Crippen LogP contribution is -2.27. The zero-order chi connectivity index (χ0) is 20.1. The summed E-state index contributed by atoms with van der Waals surface area (Å²) in [6.45, 7) is 0.648. The molecule has 0 aliphatic carbocycles. The van der Waals surface area contributed by atoms with E-state index >= 15 is 0 Å². The first-order valence-electron chi connectivity index (χ1n) is 9.28. The largest absolute Gasteiger partial charge is 0.497 e. The first kappa shape index (κ1) is 19.5. The maximum absolute atomic E-state index is 12.3. The first-order valence-corrected chi connectivity index (χ1v) is 11.1. The molecular weight excluding hydrogens is 402 g/mol. The van der Waals surface area contributed by atoms with E-state index in [2.05, 4.69) is 21.3 Å². The highest BCUT2D eigenvalue weighted by Gasteiger charge is 2.14. The highest BCUT2D eigenvalue weighted by atomic mass is 32.2. The highest BCUT2D eigenvalue weighted by molar-refractivity contribution is 7.99. The highest BCUT2D eigenvalue weighted by Crippen LogP contribution is 2.28. The number of hydrogen-bond donors (Lipinski definition) is 1. The molecule has 7 heteroatoms. The van der Waals surface area contributed by atoms with Gasteiger partial charge in [0.1, 0.15) is 5.75 Å². The number of hydrogen-bond acceptors (Lipinski definition) is 5. The second kappa shape index (κ2) is 9.15. The van der Waals surface area contributed by atoms with E-state index in [0.29, 0.717) is 12.3 Å². The Kier molecular flexibility index (Phi) is 6.17. The van der Waals surface area contributed by atoms with Crippen LogP contribution in [0.5, 0.6) is 5.75 Å². The minimum Gasteiger partial charge on any atom is -0.497 e. The summed E-state index contributed by atoms with van der Waals surface area (Å²) in [7, 11) is 1.65. The molecule has 2 aromatic carbocycles. The van der Waals surface area contributed by atoms with Crippen LogP contribution < -0.4 is 10.1 Å². The summed E-state index contributed by atoms with van der Waals surface area (Å²) < 4.78 is 7.35. The molecule has 0 unspecified atom stereocenters. The van der Waals surface area contributed by atoms with Gasteiger partial charge in [0.05, 0.1) is 23.9 Å². The first-order chi connectivity index (χ1) is 14.2. The third-order valence-electron chi connectivity index (χ3n) is 4.47. The molecule has 0 bridgehead atoms. The van der Waals surface area contributed by atoms with E-state index in [1.54, 1.807) is 18.4 Å². The van der Waals surface area contributed by atoms with Gasteiger partial charge in [0.2, 0.25) is 5.91 Å². The van der Waals surface area contributed by atoms with Crippen molar-refractivity contribution in [1.82, 2.24) is 14.9 Å². The normalized spacial score (nSPS) is 10.9. The standard InChI is InChI=1S/C22H21N3O2S2/c1-27-17-10-8-16(9-11-17)25-20-7-3-2-6-19(20)24-22(25)29-15-21(26)23-13-12-18-5-4-14-28-18/h2-11,14H,12-13,15H2,1H3,(H,23,26). The maximum Gasteiger partial charge on any atom is 0.230 e. The molecule has 0 spiro atoms. The lowest BCUT2D eigenvalue weighted by atomic mass is 10.2. The number of thioether (sulfide) groups is 1. The van der Waals surface area contributed by atoms with Crippen molar-refractivity contribution >= 4 is 40.0 Å². The number of ether oxygens (including phenoxy) is 1. The zero-order valence-corrected chi connectivity index (χ0v) is 17.6. The van der Waals surface area contributed by atoms with E-state index in [9.17, 15) is 4.79 Å². The maximum atomic E-state index is 12.3. The second-order valence-electron chi connectivity index (χ2n) is 6.38. The molecule has 0 aliphatic rings. The molecule has 29 heavy (non-hydrogen) atoms. The van der Waals surface area contributed by atoms with Crippen LogP contribution in [0, 0.1) is 0 Å². The van der Waals surface area contributed by atoms with Crippen LogP contribution in [0.1, 0.15) is 4.88 Å². The number of carbonyl (C=O) groups is 1. The van der Waals surface area contributed by atoms with Crippen LogP contribution in [0.25, 0.3) is 16.7 Å². The van der Waals surface area contributed by atoms with Gasteiger partial charge in [0, 0.05) is 17.1 Å². The van der Waals surface area contributed by atoms with Crippen molar-refractivity contribution in [1.29, 1.82) is 0 Å². The average molecular weight is 424 g/mol. The summed E-state index contributed by atoms with van der Waals surface area (Å²) >= 11 is 3.16. The molecule has 0 saturated carbocycles. The number of rotatable bonds is 8. The van der Waals surface area contributed by atoms with Gasteiger partial charge in [-0.3, -0.25) is 9.36 Å². The Morgan fingerprint density at radius 2 is 1.97 bits per heavy atom. The number of imidazole rings is 1. The smallest absolute Gasteiger partial charge is 0.230 e. The summed E-state index contributed by atoms with van der Waals surface area (Å²) in [4.78, 5) is 18.3. The molecule has 2 heterocycles. The Balaban J connectivity index is 1.48. The average Bonchev–Trinajstić information content (AvgIpc) is 3.40. The molecule has 0 radical (unpaired) electrons. The van der Waals surface area contributed by atoms with Gasteiger partial charge in [-0.2, -0.15) is 0 Å². The van der Waals surface area contributed by atoms with E-state index in [1.807, 2.05) is 54.6 Å². The molecular formula is C22H21N3O2S2. The number of methoxy groups -OCH3 is 1. The van der Waals surface area contributed by atoms with E-state index in [-0.39, 0.29) is 5.91 Å². The predicted octanol–water partition coefficient (Wildman–Crippen LogP) is 4.55. The number of fused-ring (bicyclic) bond motifs is 1. The molecule has 0 saturated heterocycles. The van der Waals surface area contributed by atoms with Crippen molar-refractivity contribution < 1.29 is 9.53 Å². The molecule has 0 aliphatic heterocycles. The molecule has 148 valence electrons. The van der Waals surface area contributed by atoms with Crippen LogP contribution in [0.15, 0.2) is 71.2 Å². The summed E-state index contributed by atoms with van der Waals surface area (Å²) in [5.41, 5.74) is 2.90. The third-order valence-corrected chi connectivity index (χ3v) is 6.34. The monoisotopic (exact) mass is 423 g/mol. The van der Waals surface area contributed by atoms with Crippen molar-refractivity contribution in [3.8, 4) is 11.4 Å². The molecule has 0 fully saturated rings. The van der Waals surface area contributed by atoms with Crippen LogP contribution in [0.2, 0.25) is 0 Å². The number of benzene rings is 2. The zero-order valence-electron chi connectivity index (χ0n) is 16.0. The molecule has 5 nitrogen and oxygen atoms in total. The van der Waals surface area contributed by atoms with Crippen LogP contribution in [0.4, 0.5) is 0 Å². The molecule has 2 aromatic heterocycles. The van der Waals surface area contributed by atoms with Crippen LogP contribution in [-0.4, -0.2) is 34.9 Å². The fourth-order valence-electron chi connectivity index (χ4n) is 3.04. The van der Waals surface area contributed by atoms with E-state index in [1.165, 1.54) is 16.6 Å². The van der Waals surface area contributed by atoms with E-state index in [4.69, 9.17) is 9.72 Å². The minimum absolute atomic E-state index is 0.0138. The molecule has 4 aromatic rings. The lowest BCUT2D eigenvalue weighted by Gasteiger charge is -2.10. The Hall–Kier alpha value is -2.77. The van der Waals surface area contributed by atoms with Gasteiger partial charge in [-0.1, -0.05) is 30.0 Å². The fourth-order valence-corrected chi connectivity index (χ4v) is 4.61. The van der Waals surface area contributed by atoms with Crippen molar-refractivity contribution in [2.45, 2.75) is 11.6 Å².